The molecule has 6 heterocycles. The Morgan fingerprint density at radius 3 is 0.980 bits per heavy atom. The van der Waals surface area contributed by atoms with Gasteiger partial charge in [-0.05, 0) is 73.2 Å². The van der Waals surface area contributed by atoms with E-state index >= 15 is 0 Å². The first-order valence-corrected chi connectivity index (χ1v) is 15.6. The number of aliphatic carboxylic acids is 2. The van der Waals surface area contributed by atoms with Crippen molar-refractivity contribution in [3.63, 3.8) is 0 Å². The Morgan fingerprint density at radius 2 is 0.780 bits per heavy atom. The average Bonchev–Trinajstić information content (AvgIpc) is 3.85. The van der Waals surface area contributed by atoms with E-state index in [0.29, 0.717) is 0 Å². The molecule has 0 amide bonds. The first-order valence-electron chi connectivity index (χ1n) is 13.4. The molecule has 3 N–H and O–H groups in total. The van der Waals surface area contributed by atoms with Crippen LogP contribution in [0.3, 0.4) is 0 Å². The Balaban J connectivity index is 0.000000462. The minimum Gasteiger partial charge on any atom is -0.545 e. The maximum absolute atomic E-state index is 9.51. The Kier molecular flexibility index (Phi) is 17.3. The number of hydrogen-bond acceptors (Lipinski definition) is 10. The van der Waals surface area contributed by atoms with Crippen LogP contribution in [0.4, 0.5) is 0 Å². The quantitative estimate of drug-likeness (QED) is 0.136. The molecule has 22 heteroatoms. The second-order valence-electron chi connectivity index (χ2n) is 9.36. The fraction of sp³-hybridized carbons (Fsp3) is 0.0714. The van der Waals surface area contributed by atoms with Crippen LogP contribution in [-0.4, -0.2) is 70.7 Å². The second-order valence-corrected chi connectivity index (χ2v) is 13.9. The number of halogens is 6. The van der Waals surface area contributed by atoms with E-state index in [4.69, 9.17) is 84.9 Å². The molecule has 6 aromatic rings. The van der Waals surface area contributed by atoms with Gasteiger partial charge in [0.05, 0.1) is 29.0 Å². The summed E-state index contributed by atoms with van der Waals surface area (Å²) in [6, 6.07) is 23.2. The minimum absolute atomic E-state index is 0. The third kappa shape index (κ3) is 12.5. The summed E-state index contributed by atoms with van der Waals surface area (Å²) < 4.78 is 1.14. The van der Waals surface area contributed by atoms with Crippen molar-refractivity contribution in [1.29, 1.82) is 0 Å². The molecular formula is C28H22BCl6EuN9O5+. The monoisotopic (exact) mass is 938 g/mol. The minimum atomic E-state index is -2.28. The van der Waals surface area contributed by atoms with E-state index in [9.17, 15) is 19.8 Å². The molecule has 0 bridgehead atoms. The number of aromatic nitrogens is 9. The Hall–Kier alpha value is -2.63. The van der Waals surface area contributed by atoms with E-state index in [-0.39, 0.29) is 54.9 Å². The summed E-state index contributed by atoms with van der Waals surface area (Å²) in [5.41, 5.74) is 4.78. The van der Waals surface area contributed by atoms with E-state index in [1.54, 1.807) is 18.6 Å². The van der Waals surface area contributed by atoms with Gasteiger partial charge in [0.25, 0.3) is 0 Å². The SMILES string of the molecule is O=C([O-])C(Cl)(Cl)Cl.O=C([O-])C(Cl)(Cl)Cl.[Eu+3].[OH3+].c1ccc(-c2ccn([BH-](n3ccc(-c4ccccn4)n3)n3ccc(-c4ccccn4)n3)n2)nc1. The van der Waals surface area contributed by atoms with Gasteiger partial charge >= 0.3 is 56.5 Å². The van der Waals surface area contributed by atoms with Crippen molar-refractivity contribution in [2.75, 3.05) is 0 Å². The van der Waals surface area contributed by atoms with Gasteiger partial charge in [0.1, 0.15) is 17.1 Å². The standard InChI is InChI=1S/C24H19BN9.2C2HCl3O2.Eu.H2O/c1-4-13-26-19(7-1)22-10-16-32(29-22)25(33-17-11-23(30-33)20-8-2-5-14-27-20)34-18-12-24(31-34)21-9-3-6-15-28-21;2*3-2(4,5)1(6)7;;/h1-18,25H;2*(H,6,7);;1H2/q-1;;;+3;/p-1. The molecule has 0 saturated carbocycles. The maximum atomic E-state index is 9.51. The van der Waals surface area contributed by atoms with Gasteiger partial charge < -0.3 is 39.1 Å². The number of rotatable bonds is 6. The van der Waals surface area contributed by atoms with Crippen molar-refractivity contribution < 1.29 is 74.7 Å². The van der Waals surface area contributed by atoms with Gasteiger partial charge in [-0.3, -0.25) is 15.0 Å². The summed E-state index contributed by atoms with van der Waals surface area (Å²) in [4.78, 5) is 32.3. The molecule has 0 saturated heterocycles. The topological polar surface area (TPSA) is 205 Å². The van der Waals surface area contributed by atoms with Crippen LogP contribution in [0.15, 0.2) is 110 Å². The van der Waals surface area contributed by atoms with Crippen molar-refractivity contribution in [2.24, 2.45) is 0 Å². The van der Waals surface area contributed by atoms with Crippen LogP contribution in [0.5, 0.6) is 0 Å². The van der Waals surface area contributed by atoms with Gasteiger partial charge in [-0.2, -0.15) is 0 Å². The van der Waals surface area contributed by atoms with E-state index in [1.807, 2.05) is 105 Å². The first-order chi connectivity index (χ1) is 22.7. The van der Waals surface area contributed by atoms with Crippen LogP contribution in [0.1, 0.15) is 0 Å². The largest absolute Gasteiger partial charge is 3.00 e. The number of hydrogen-bond donors (Lipinski definition) is 0. The van der Waals surface area contributed by atoms with Crippen LogP contribution < -0.4 is 10.2 Å². The number of carbonyl (C=O) groups is 2. The molecule has 260 valence electrons. The molecule has 0 fully saturated rings. The Morgan fingerprint density at radius 1 is 0.520 bits per heavy atom. The predicted octanol–water partition coefficient (Wildman–Crippen LogP) is 2.42. The van der Waals surface area contributed by atoms with Crippen LogP contribution in [0, 0.1) is 49.4 Å². The molecular weight excluding hydrogens is 918 g/mol. The maximum Gasteiger partial charge on any atom is 3.00 e. The van der Waals surface area contributed by atoms with E-state index in [2.05, 4.69) is 15.0 Å². The van der Waals surface area contributed by atoms with Crippen molar-refractivity contribution in [1.82, 2.24) is 44.0 Å². The molecule has 6 rings (SSSR count). The number of carboxylic acids is 2. The zero-order valence-electron chi connectivity index (χ0n) is 25.0. The summed E-state index contributed by atoms with van der Waals surface area (Å²) in [6.07, 6.45) is 11.1. The molecule has 0 radical (unpaired) electrons. The molecule has 0 aromatic carbocycles. The van der Waals surface area contributed by atoms with Gasteiger partial charge in [-0.15, -0.1) is 0 Å². The smallest absolute Gasteiger partial charge is 0.545 e. The average molecular weight is 940 g/mol. The number of carbonyl (C=O) groups excluding carboxylic acids is 2. The molecule has 6 aromatic heterocycles. The van der Waals surface area contributed by atoms with E-state index < -0.39 is 26.6 Å². The zero-order valence-corrected chi connectivity index (χ0v) is 31.9. The fourth-order valence-corrected chi connectivity index (χ4v) is 3.96. The molecule has 0 atom stereocenters. The predicted molar refractivity (Wildman–Crippen MR) is 185 cm³/mol. The first kappa shape index (κ1) is 43.5. The van der Waals surface area contributed by atoms with Crippen molar-refractivity contribution in [3.05, 3.63) is 110 Å². The van der Waals surface area contributed by atoms with Crippen molar-refractivity contribution >= 4 is 88.7 Å². The van der Waals surface area contributed by atoms with Gasteiger partial charge in [0, 0.05) is 18.6 Å². The third-order valence-corrected chi connectivity index (χ3v) is 6.96. The van der Waals surface area contributed by atoms with E-state index in [0.717, 1.165) is 34.2 Å². The number of carboxylic acid groups (broad SMARTS) is 2. The number of nitrogens with zero attached hydrogens (tertiary/aromatic N) is 9. The molecule has 0 aliphatic carbocycles. The fourth-order valence-electron chi connectivity index (χ4n) is 3.96. The van der Waals surface area contributed by atoms with Gasteiger partial charge in [-0.25, -0.2) is 15.3 Å². The van der Waals surface area contributed by atoms with E-state index in [1.165, 1.54) is 0 Å². The van der Waals surface area contributed by atoms with Gasteiger partial charge in [0.2, 0.25) is 7.59 Å². The van der Waals surface area contributed by atoms with Gasteiger partial charge in [-0.1, -0.05) is 87.8 Å². The summed E-state index contributed by atoms with van der Waals surface area (Å²) >= 11 is 28.4. The summed E-state index contributed by atoms with van der Waals surface area (Å²) in [6.45, 7) is 0. The number of alkyl halides is 6. The summed E-state index contributed by atoms with van der Waals surface area (Å²) in [5.74, 6) is -3.42. The molecule has 0 unspecified atom stereocenters. The van der Waals surface area contributed by atoms with Crippen LogP contribution in [0.2, 0.25) is 0 Å². The number of pyridine rings is 3. The van der Waals surface area contributed by atoms with Crippen LogP contribution in [-0.2, 0) is 15.1 Å². The Labute approximate surface area is 355 Å². The molecule has 0 aliphatic rings. The van der Waals surface area contributed by atoms with Crippen molar-refractivity contribution in [2.45, 2.75) is 7.59 Å². The van der Waals surface area contributed by atoms with Crippen LogP contribution in [0.25, 0.3) is 34.2 Å². The second kappa shape index (κ2) is 19.8. The van der Waals surface area contributed by atoms with Crippen molar-refractivity contribution in [3.8, 4) is 34.2 Å². The normalized spacial score (nSPS) is 10.8. The van der Waals surface area contributed by atoms with Gasteiger partial charge in [0.15, 0.2) is 0 Å². The molecule has 14 nitrogen and oxygen atoms in total. The summed E-state index contributed by atoms with van der Waals surface area (Å²) in [7, 11) is -1.56. The third-order valence-electron chi connectivity index (χ3n) is 6.04. The zero-order chi connectivity index (χ0) is 34.9. The molecule has 0 spiro atoms. The van der Waals surface area contributed by atoms with Crippen LogP contribution >= 0.6 is 69.6 Å². The Bertz CT molecular complexity index is 1740. The molecule has 50 heavy (non-hydrogen) atoms. The molecule has 0 aliphatic heterocycles. The summed E-state index contributed by atoms with van der Waals surface area (Å²) in [5, 5.41) is 33.5.